The van der Waals surface area contributed by atoms with Crippen molar-refractivity contribution in [2.75, 3.05) is 24.5 Å². The highest BCUT2D eigenvalue weighted by Gasteiger charge is 2.42. The van der Waals surface area contributed by atoms with E-state index in [9.17, 15) is 14.4 Å². The van der Waals surface area contributed by atoms with Crippen molar-refractivity contribution in [1.82, 2.24) is 4.90 Å². The van der Waals surface area contributed by atoms with E-state index in [1.165, 1.54) is 23.1 Å². The summed E-state index contributed by atoms with van der Waals surface area (Å²) in [5, 5.41) is 9.15. The number of anilines is 1. The highest BCUT2D eigenvalue weighted by Crippen LogP contribution is 2.38. The van der Waals surface area contributed by atoms with Gasteiger partial charge in [0, 0.05) is 13.1 Å². The molecule has 3 rings (SSSR count). The minimum Gasteiger partial charge on any atom is -0.478 e. The fourth-order valence-corrected chi connectivity index (χ4v) is 3.24. The van der Waals surface area contributed by atoms with E-state index in [2.05, 4.69) is 0 Å². The molecule has 0 bridgehead atoms. The van der Waals surface area contributed by atoms with Crippen LogP contribution in [0.1, 0.15) is 43.5 Å². The highest BCUT2D eigenvalue weighted by molar-refractivity contribution is 6.06. The molecule has 2 aliphatic rings. The standard InChI is InChI=1S/C18H22N2O5/c1-18(2)17(24)20(11-15(21)19-8-4-3-5-9-19)13-7-6-12(16(22)23)10-14(13)25-18/h6-7,10H,3-5,8-9,11H2,1-2H3,(H,22,23). The van der Waals surface area contributed by atoms with Crippen LogP contribution in [0.25, 0.3) is 0 Å². The van der Waals surface area contributed by atoms with Crippen molar-refractivity contribution in [3.63, 3.8) is 0 Å². The van der Waals surface area contributed by atoms with Crippen molar-refractivity contribution >= 4 is 23.5 Å². The van der Waals surface area contributed by atoms with Gasteiger partial charge >= 0.3 is 5.97 Å². The molecule has 2 heterocycles. The molecule has 1 aromatic carbocycles. The molecular formula is C18H22N2O5. The summed E-state index contributed by atoms with van der Waals surface area (Å²) in [5.41, 5.74) is -0.655. The number of hydrogen-bond acceptors (Lipinski definition) is 4. The Morgan fingerprint density at radius 1 is 1.20 bits per heavy atom. The largest absolute Gasteiger partial charge is 0.478 e. The van der Waals surface area contributed by atoms with Crippen molar-refractivity contribution in [2.45, 2.75) is 38.7 Å². The number of amides is 2. The van der Waals surface area contributed by atoms with E-state index in [0.29, 0.717) is 24.5 Å². The number of carbonyl (C=O) groups excluding carboxylic acids is 2. The van der Waals surface area contributed by atoms with Crippen molar-refractivity contribution in [3.8, 4) is 5.75 Å². The molecule has 0 aliphatic carbocycles. The molecule has 0 spiro atoms. The molecule has 1 fully saturated rings. The van der Waals surface area contributed by atoms with Gasteiger partial charge in [0.1, 0.15) is 12.3 Å². The second-order valence-electron chi connectivity index (χ2n) is 6.93. The average Bonchev–Trinajstić information content (AvgIpc) is 2.58. The quantitative estimate of drug-likeness (QED) is 0.903. The fourth-order valence-electron chi connectivity index (χ4n) is 3.24. The maximum Gasteiger partial charge on any atom is 0.335 e. The number of aromatic carboxylic acids is 1. The number of likely N-dealkylation sites (tertiary alicyclic amines) is 1. The van der Waals surface area contributed by atoms with E-state index in [0.717, 1.165) is 19.3 Å². The molecule has 0 saturated carbocycles. The molecule has 1 N–H and O–H groups in total. The van der Waals surface area contributed by atoms with E-state index in [4.69, 9.17) is 9.84 Å². The number of carboxylic acid groups (broad SMARTS) is 1. The minimum atomic E-state index is -1.16. The van der Waals surface area contributed by atoms with Gasteiger partial charge < -0.3 is 14.7 Å². The summed E-state index contributed by atoms with van der Waals surface area (Å²) < 4.78 is 5.70. The second-order valence-corrected chi connectivity index (χ2v) is 6.93. The van der Waals surface area contributed by atoms with E-state index in [1.54, 1.807) is 18.7 Å². The van der Waals surface area contributed by atoms with E-state index in [1.807, 2.05) is 0 Å². The number of benzene rings is 1. The summed E-state index contributed by atoms with van der Waals surface area (Å²) in [6.07, 6.45) is 3.08. The molecule has 134 valence electrons. The van der Waals surface area contributed by atoms with E-state index >= 15 is 0 Å². The van der Waals surface area contributed by atoms with Gasteiger partial charge in [0.25, 0.3) is 5.91 Å². The number of nitrogens with zero attached hydrogens (tertiary/aromatic N) is 2. The van der Waals surface area contributed by atoms with Crippen LogP contribution < -0.4 is 9.64 Å². The van der Waals surface area contributed by atoms with Crippen LogP contribution in [-0.2, 0) is 9.59 Å². The molecule has 0 radical (unpaired) electrons. The molecule has 1 saturated heterocycles. The van der Waals surface area contributed by atoms with Crippen LogP contribution in [0.3, 0.4) is 0 Å². The first-order valence-corrected chi connectivity index (χ1v) is 8.46. The number of hydrogen-bond donors (Lipinski definition) is 1. The molecule has 0 atom stereocenters. The van der Waals surface area contributed by atoms with E-state index in [-0.39, 0.29) is 23.9 Å². The molecule has 1 aromatic rings. The molecule has 7 nitrogen and oxygen atoms in total. The van der Waals surface area contributed by atoms with Gasteiger partial charge in [0.2, 0.25) is 5.91 Å². The van der Waals surface area contributed by atoms with Crippen molar-refractivity contribution in [1.29, 1.82) is 0 Å². The smallest absolute Gasteiger partial charge is 0.335 e. The Morgan fingerprint density at radius 3 is 2.52 bits per heavy atom. The van der Waals surface area contributed by atoms with Gasteiger partial charge in [-0.15, -0.1) is 0 Å². The Labute approximate surface area is 146 Å². The van der Waals surface area contributed by atoms with E-state index < -0.39 is 11.6 Å². The van der Waals surface area contributed by atoms with Gasteiger partial charge in [-0.05, 0) is 51.3 Å². The summed E-state index contributed by atoms with van der Waals surface area (Å²) in [7, 11) is 0. The molecule has 25 heavy (non-hydrogen) atoms. The summed E-state index contributed by atoms with van der Waals surface area (Å²) in [6, 6.07) is 4.33. The maximum atomic E-state index is 12.8. The minimum absolute atomic E-state index is 0.0644. The zero-order chi connectivity index (χ0) is 18.2. The number of carboxylic acids is 1. The molecule has 0 unspecified atom stereocenters. The van der Waals surface area contributed by atoms with Crippen molar-refractivity contribution < 1.29 is 24.2 Å². The monoisotopic (exact) mass is 346 g/mol. The summed E-state index contributed by atoms with van der Waals surface area (Å²) in [5.74, 6) is -1.18. The summed E-state index contributed by atoms with van der Waals surface area (Å²) >= 11 is 0. The third-order valence-electron chi connectivity index (χ3n) is 4.63. The Hall–Kier alpha value is -2.57. The first-order chi connectivity index (χ1) is 11.8. The average molecular weight is 346 g/mol. The third kappa shape index (κ3) is 3.31. The normalized spacial score (nSPS) is 19.2. The predicted octanol–water partition coefficient (Wildman–Crippen LogP) is 1.90. The number of carbonyl (C=O) groups is 3. The summed E-state index contributed by atoms with van der Waals surface area (Å²) in [6.45, 7) is 4.59. The van der Waals surface area contributed by atoms with Crippen LogP contribution in [0.15, 0.2) is 18.2 Å². The zero-order valence-corrected chi connectivity index (χ0v) is 14.4. The van der Waals surface area contributed by atoms with Crippen molar-refractivity contribution in [3.05, 3.63) is 23.8 Å². The topological polar surface area (TPSA) is 87.2 Å². The number of rotatable bonds is 3. The van der Waals surface area contributed by atoms with Crippen LogP contribution in [0.2, 0.25) is 0 Å². The zero-order valence-electron chi connectivity index (χ0n) is 14.4. The van der Waals surface area contributed by atoms with Gasteiger partial charge in [-0.25, -0.2) is 4.79 Å². The lowest BCUT2D eigenvalue weighted by Crippen LogP contribution is -2.55. The Morgan fingerprint density at radius 2 is 1.88 bits per heavy atom. The first kappa shape index (κ1) is 17.3. The number of fused-ring (bicyclic) bond motifs is 1. The molecule has 2 aliphatic heterocycles. The number of ether oxygens (including phenoxy) is 1. The van der Waals surface area contributed by atoms with Crippen LogP contribution in [0.4, 0.5) is 5.69 Å². The van der Waals surface area contributed by atoms with Crippen LogP contribution in [0, 0.1) is 0 Å². The van der Waals surface area contributed by atoms with Crippen LogP contribution >= 0.6 is 0 Å². The highest BCUT2D eigenvalue weighted by atomic mass is 16.5. The van der Waals surface area contributed by atoms with Crippen LogP contribution in [-0.4, -0.2) is 53.0 Å². The second kappa shape index (κ2) is 6.38. The van der Waals surface area contributed by atoms with Gasteiger partial charge in [-0.3, -0.25) is 14.5 Å². The molecule has 0 aromatic heterocycles. The van der Waals surface area contributed by atoms with Crippen molar-refractivity contribution in [2.24, 2.45) is 0 Å². The molecule has 2 amide bonds. The molecular weight excluding hydrogens is 324 g/mol. The Balaban J connectivity index is 1.91. The van der Waals surface area contributed by atoms with Gasteiger partial charge in [0.05, 0.1) is 11.3 Å². The Kier molecular flexibility index (Phi) is 4.41. The fraction of sp³-hybridized carbons (Fsp3) is 0.500. The lowest BCUT2D eigenvalue weighted by molar-refractivity contribution is -0.137. The Bertz CT molecular complexity index is 722. The van der Waals surface area contributed by atoms with Gasteiger partial charge in [-0.1, -0.05) is 0 Å². The maximum absolute atomic E-state index is 12.8. The van der Waals surface area contributed by atoms with Gasteiger partial charge in [-0.2, -0.15) is 0 Å². The first-order valence-electron chi connectivity index (χ1n) is 8.46. The lowest BCUT2D eigenvalue weighted by atomic mass is 10.0. The van der Waals surface area contributed by atoms with Crippen LogP contribution in [0.5, 0.6) is 5.75 Å². The third-order valence-corrected chi connectivity index (χ3v) is 4.63. The van der Waals surface area contributed by atoms with Gasteiger partial charge in [0.15, 0.2) is 5.60 Å². The molecule has 7 heteroatoms. The SMILES string of the molecule is CC1(C)Oc2cc(C(=O)O)ccc2N(CC(=O)N2CCCCC2)C1=O. The summed E-state index contributed by atoms with van der Waals surface area (Å²) in [4.78, 5) is 39.7. The predicted molar refractivity (Wildman–Crippen MR) is 90.9 cm³/mol. The lowest BCUT2D eigenvalue weighted by Gasteiger charge is -2.39. The number of piperidine rings is 1.